The van der Waals surface area contributed by atoms with Gasteiger partial charge in [-0.3, -0.25) is 4.79 Å². The van der Waals surface area contributed by atoms with Gasteiger partial charge in [0.05, 0.1) is 0 Å². The molecule has 174 valence electrons. The van der Waals surface area contributed by atoms with Crippen molar-refractivity contribution in [3.8, 4) is 0 Å². The first-order chi connectivity index (χ1) is 15.6. The zero-order valence-corrected chi connectivity index (χ0v) is 20.5. The third-order valence-electron chi connectivity index (χ3n) is 4.14. The van der Waals surface area contributed by atoms with E-state index in [1.54, 1.807) is 11.4 Å². The molecule has 0 aliphatic heterocycles. The lowest BCUT2D eigenvalue weighted by Gasteiger charge is -2.03. The van der Waals surface area contributed by atoms with Crippen LogP contribution in [0.3, 0.4) is 0 Å². The van der Waals surface area contributed by atoms with Crippen LogP contribution in [0.4, 0.5) is 0 Å². The molecule has 0 fully saturated rings. The van der Waals surface area contributed by atoms with Crippen LogP contribution in [0.15, 0.2) is 94.6 Å². The molecule has 0 spiro atoms. The number of sulfonamides is 1. The van der Waals surface area contributed by atoms with Gasteiger partial charge in [-0.1, -0.05) is 85.9 Å². The number of nitrogens with one attached hydrogen (secondary N) is 1. The molecule has 6 heteroatoms. The van der Waals surface area contributed by atoms with Gasteiger partial charge in [0.1, 0.15) is 4.21 Å². The van der Waals surface area contributed by atoms with Crippen molar-refractivity contribution in [1.29, 1.82) is 0 Å². The van der Waals surface area contributed by atoms with Crippen LogP contribution in [0.5, 0.6) is 0 Å². The Morgan fingerprint density at radius 2 is 1.28 bits per heavy atom. The number of carbonyl (C=O) groups is 1. The number of allylic oxidation sites excluding steroid dienone is 12. The van der Waals surface area contributed by atoms with Crippen molar-refractivity contribution < 1.29 is 13.2 Å². The minimum Gasteiger partial charge on any atom is -0.274 e. The van der Waals surface area contributed by atoms with Crippen LogP contribution < -0.4 is 4.72 Å². The number of thiophene rings is 1. The molecule has 0 aliphatic carbocycles. The minimum absolute atomic E-state index is 0.146. The smallest absolute Gasteiger partial charge is 0.273 e. The Hall–Kier alpha value is -2.44. The molecule has 1 heterocycles. The Balaban J connectivity index is 2.05. The van der Waals surface area contributed by atoms with Crippen molar-refractivity contribution in [2.75, 3.05) is 0 Å². The highest BCUT2D eigenvalue weighted by Gasteiger charge is 2.17. The Bertz CT molecular complexity index is 903. The Morgan fingerprint density at radius 1 is 0.812 bits per heavy atom. The second-order valence-electron chi connectivity index (χ2n) is 6.91. The van der Waals surface area contributed by atoms with E-state index in [1.165, 1.54) is 6.07 Å². The van der Waals surface area contributed by atoms with Gasteiger partial charge >= 0.3 is 0 Å². The molecule has 0 atom stereocenters. The number of hydrogen-bond acceptors (Lipinski definition) is 4. The van der Waals surface area contributed by atoms with Crippen molar-refractivity contribution in [1.82, 2.24) is 4.72 Å². The van der Waals surface area contributed by atoms with E-state index in [2.05, 4.69) is 72.4 Å². The maximum absolute atomic E-state index is 11.9. The van der Waals surface area contributed by atoms with Gasteiger partial charge in [0.2, 0.25) is 5.91 Å². The molecule has 32 heavy (non-hydrogen) atoms. The predicted molar refractivity (Wildman–Crippen MR) is 137 cm³/mol. The summed E-state index contributed by atoms with van der Waals surface area (Å²) in [4.78, 5) is 11.8. The summed E-state index contributed by atoms with van der Waals surface area (Å²) >= 11 is 1.09. The zero-order valence-electron chi connectivity index (χ0n) is 18.9. The number of hydrogen-bond donors (Lipinski definition) is 1. The molecule has 0 aliphatic rings. The van der Waals surface area contributed by atoms with E-state index in [4.69, 9.17) is 0 Å². The summed E-state index contributed by atoms with van der Waals surface area (Å²) in [6, 6.07) is 3.12. The molecule has 0 bridgehead atoms. The molecule has 1 rings (SSSR count). The molecular formula is C26H35NO3S2. The van der Waals surface area contributed by atoms with Gasteiger partial charge in [0, 0.05) is 6.42 Å². The topological polar surface area (TPSA) is 63.2 Å². The number of carbonyl (C=O) groups excluding carboxylic acids is 1. The summed E-state index contributed by atoms with van der Waals surface area (Å²) in [5.74, 6) is -0.488. The Labute approximate surface area is 197 Å². The molecule has 1 amide bonds. The highest BCUT2D eigenvalue weighted by atomic mass is 32.2. The highest BCUT2D eigenvalue weighted by Crippen LogP contribution is 2.15. The summed E-state index contributed by atoms with van der Waals surface area (Å²) in [6.07, 6.45) is 31.9. The first-order valence-corrected chi connectivity index (χ1v) is 13.4. The SMILES string of the molecule is CC/C=C\C/C=C\C/C=C\C/C=C\C/C=C\C/C=C\CCC(=O)NS(=O)(=O)c1cccs1. The summed E-state index contributed by atoms with van der Waals surface area (Å²) in [7, 11) is -3.72. The molecule has 0 saturated heterocycles. The fourth-order valence-corrected chi connectivity index (χ4v) is 4.53. The predicted octanol–water partition coefficient (Wildman–Crippen LogP) is 7.03. The van der Waals surface area contributed by atoms with E-state index >= 15 is 0 Å². The maximum Gasteiger partial charge on any atom is 0.273 e. The molecule has 0 aromatic carbocycles. The second kappa shape index (κ2) is 18.2. The van der Waals surface area contributed by atoms with Crippen LogP contribution in [0.25, 0.3) is 0 Å². The van der Waals surface area contributed by atoms with Crippen LogP contribution in [0, 0.1) is 0 Å². The van der Waals surface area contributed by atoms with Crippen LogP contribution in [0.1, 0.15) is 58.3 Å². The van der Waals surface area contributed by atoms with Crippen LogP contribution >= 0.6 is 11.3 Å². The van der Waals surface area contributed by atoms with Gasteiger partial charge < -0.3 is 0 Å². The quantitative estimate of drug-likeness (QED) is 0.262. The van der Waals surface area contributed by atoms with E-state index in [1.807, 2.05) is 12.2 Å². The average Bonchev–Trinajstić information content (AvgIpc) is 3.31. The summed E-state index contributed by atoms with van der Waals surface area (Å²) < 4.78 is 26.1. The molecule has 1 N–H and O–H groups in total. The lowest BCUT2D eigenvalue weighted by atomic mass is 10.2. The van der Waals surface area contributed by atoms with Gasteiger partial charge in [-0.25, -0.2) is 13.1 Å². The Morgan fingerprint density at radius 3 is 1.72 bits per heavy atom. The second-order valence-corrected chi connectivity index (χ2v) is 9.77. The van der Waals surface area contributed by atoms with Gasteiger partial charge in [0.25, 0.3) is 10.0 Å². The lowest BCUT2D eigenvalue weighted by Crippen LogP contribution is -2.29. The first-order valence-electron chi connectivity index (χ1n) is 11.1. The van der Waals surface area contributed by atoms with Gasteiger partial charge in [-0.2, -0.15) is 0 Å². The van der Waals surface area contributed by atoms with Crippen molar-refractivity contribution in [3.05, 3.63) is 90.4 Å². The van der Waals surface area contributed by atoms with Crippen LogP contribution in [-0.2, 0) is 14.8 Å². The summed E-state index contributed by atoms with van der Waals surface area (Å²) in [6.45, 7) is 2.14. The van der Waals surface area contributed by atoms with Gasteiger partial charge in [-0.05, 0) is 56.4 Å². The standard InChI is InChI=1S/C26H35NO3S2/c1-2-3-4-5-6-7-8-9-10-11-12-13-14-15-16-17-18-19-20-22-25(28)27-32(29,30)26-23-21-24-31-26/h3-4,6-7,9-10,12-13,15-16,18-19,21,23-24H,2,5,8,11,14,17,20,22H2,1H3,(H,27,28)/b4-3-,7-6-,10-9-,13-12-,16-15-,19-18-. The normalized spacial score (nSPS) is 13.2. The lowest BCUT2D eigenvalue weighted by molar-refractivity contribution is -0.119. The fraction of sp³-hybridized carbons (Fsp3) is 0.346. The monoisotopic (exact) mass is 473 g/mol. The van der Waals surface area contributed by atoms with Crippen molar-refractivity contribution in [2.45, 2.75) is 62.5 Å². The zero-order chi connectivity index (χ0) is 23.3. The number of amides is 1. The Kier molecular flexibility index (Phi) is 15.7. The molecule has 0 unspecified atom stereocenters. The van der Waals surface area contributed by atoms with Gasteiger partial charge in [0.15, 0.2) is 0 Å². The summed E-state index contributed by atoms with van der Waals surface area (Å²) in [5.41, 5.74) is 0. The molecule has 4 nitrogen and oxygen atoms in total. The largest absolute Gasteiger partial charge is 0.274 e. The highest BCUT2D eigenvalue weighted by molar-refractivity contribution is 7.92. The minimum atomic E-state index is -3.72. The van der Waals surface area contributed by atoms with E-state index in [9.17, 15) is 13.2 Å². The van der Waals surface area contributed by atoms with E-state index < -0.39 is 15.9 Å². The fourth-order valence-electron chi connectivity index (χ4n) is 2.52. The molecule has 0 saturated carbocycles. The van der Waals surface area contributed by atoms with Gasteiger partial charge in [-0.15, -0.1) is 11.3 Å². The van der Waals surface area contributed by atoms with E-state index in [0.29, 0.717) is 6.42 Å². The van der Waals surface area contributed by atoms with E-state index in [-0.39, 0.29) is 10.6 Å². The number of rotatable bonds is 16. The molecule has 1 aromatic rings. The third-order valence-corrected chi connectivity index (χ3v) is 6.91. The molecule has 1 aromatic heterocycles. The maximum atomic E-state index is 11.9. The third kappa shape index (κ3) is 14.5. The summed E-state index contributed by atoms with van der Waals surface area (Å²) in [5, 5.41) is 1.66. The van der Waals surface area contributed by atoms with Crippen LogP contribution in [-0.4, -0.2) is 14.3 Å². The van der Waals surface area contributed by atoms with Crippen molar-refractivity contribution >= 4 is 27.3 Å². The first kappa shape index (κ1) is 27.6. The van der Waals surface area contributed by atoms with Crippen molar-refractivity contribution in [2.24, 2.45) is 0 Å². The van der Waals surface area contributed by atoms with Crippen LogP contribution in [0.2, 0.25) is 0 Å². The van der Waals surface area contributed by atoms with Crippen molar-refractivity contribution in [3.63, 3.8) is 0 Å². The molecular weight excluding hydrogens is 438 g/mol. The average molecular weight is 474 g/mol. The molecule has 0 radical (unpaired) electrons. The van der Waals surface area contributed by atoms with E-state index in [0.717, 1.165) is 49.9 Å².